The van der Waals surface area contributed by atoms with Crippen molar-refractivity contribution < 1.29 is 4.74 Å². The van der Waals surface area contributed by atoms with Crippen molar-refractivity contribution in [2.24, 2.45) is 10.9 Å². The van der Waals surface area contributed by atoms with Gasteiger partial charge in [0.1, 0.15) is 0 Å². The first kappa shape index (κ1) is 24.4. The number of hydrogen-bond donors (Lipinski definition) is 1. The molecule has 0 bridgehead atoms. The van der Waals surface area contributed by atoms with Gasteiger partial charge in [0, 0.05) is 53.0 Å². The lowest BCUT2D eigenvalue weighted by molar-refractivity contribution is 0.0625. The van der Waals surface area contributed by atoms with Crippen molar-refractivity contribution in [1.29, 1.82) is 0 Å². The average molecular weight is 514 g/mol. The van der Waals surface area contributed by atoms with E-state index in [9.17, 15) is 0 Å². The van der Waals surface area contributed by atoms with Crippen LogP contribution in [-0.4, -0.2) is 68.7 Å². The second-order valence-electron chi connectivity index (χ2n) is 8.30. The zero-order chi connectivity index (χ0) is 19.6. The maximum Gasteiger partial charge on any atom is 0.193 e. The molecule has 0 spiro atoms. The van der Waals surface area contributed by atoms with E-state index in [1.54, 1.807) is 0 Å². The van der Waals surface area contributed by atoms with Gasteiger partial charge in [0.15, 0.2) is 5.96 Å². The van der Waals surface area contributed by atoms with Crippen LogP contribution in [-0.2, 0) is 11.3 Å². The van der Waals surface area contributed by atoms with Crippen LogP contribution in [0.5, 0.6) is 0 Å². The molecule has 3 rings (SSSR count). The molecule has 0 aromatic heterocycles. The van der Waals surface area contributed by atoms with Crippen molar-refractivity contribution in [1.82, 2.24) is 15.1 Å². The Kier molecular flexibility index (Phi) is 11.3. The Morgan fingerprint density at radius 2 is 1.93 bits per heavy atom. The lowest BCUT2D eigenvalue weighted by Crippen LogP contribution is -2.49. The number of piperidine rings is 1. The van der Waals surface area contributed by atoms with E-state index >= 15 is 0 Å². The number of hydrogen-bond acceptors (Lipinski definition) is 3. The SMILES string of the molecule is CN=C(NCC1CCCCN1Cc1ccccc1)N(C)CCC1CCOCC1.I. The number of halogens is 1. The van der Waals surface area contributed by atoms with E-state index in [0.717, 1.165) is 44.7 Å². The summed E-state index contributed by atoms with van der Waals surface area (Å²) in [5.74, 6) is 1.83. The van der Waals surface area contributed by atoms with Crippen LogP contribution in [0.4, 0.5) is 0 Å². The number of nitrogens with one attached hydrogen (secondary N) is 1. The van der Waals surface area contributed by atoms with Crippen LogP contribution in [0, 0.1) is 5.92 Å². The zero-order valence-corrected chi connectivity index (χ0v) is 20.5. The predicted molar refractivity (Wildman–Crippen MR) is 132 cm³/mol. The Hall–Kier alpha value is -0.860. The molecular weight excluding hydrogens is 475 g/mol. The van der Waals surface area contributed by atoms with Crippen molar-refractivity contribution in [2.45, 2.75) is 51.1 Å². The van der Waals surface area contributed by atoms with Crippen LogP contribution in [0.1, 0.15) is 44.1 Å². The van der Waals surface area contributed by atoms with E-state index in [-0.39, 0.29) is 24.0 Å². The highest BCUT2D eigenvalue weighted by Gasteiger charge is 2.23. The van der Waals surface area contributed by atoms with Crippen molar-refractivity contribution in [3.05, 3.63) is 35.9 Å². The van der Waals surface area contributed by atoms with Crippen molar-refractivity contribution in [3.8, 4) is 0 Å². The quantitative estimate of drug-likeness (QED) is 0.340. The first-order chi connectivity index (χ1) is 13.8. The number of guanidine groups is 1. The molecule has 2 heterocycles. The van der Waals surface area contributed by atoms with Crippen LogP contribution in [0.3, 0.4) is 0 Å². The molecule has 0 radical (unpaired) electrons. The fourth-order valence-electron chi connectivity index (χ4n) is 4.43. The van der Waals surface area contributed by atoms with Crippen LogP contribution in [0.2, 0.25) is 0 Å². The molecule has 2 aliphatic heterocycles. The fraction of sp³-hybridized carbons (Fsp3) is 0.696. The monoisotopic (exact) mass is 514 g/mol. The van der Waals surface area contributed by atoms with Gasteiger partial charge in [-0.3, -0.25) is 9.89 Å². The van der Waals surface area contributed by atoms with Gasteiger partial charge >= 0.3 is 0 Å². The van der Waals surface area contributed by atoms with Gasteiger partial charge in [-0.2, -0.15) is 0 Å². The molecular formula is C23H39IN4O. The Labute approximate surface area is 194 Å². The summed E-state index contributed by atoms with van der Waals surface area (Å²) >= 11 is 0. The molecule has 1 unspecified atom stereocenters. The maximum atomic E-state index is 5.48. The molecule has 2 fully saturated rings. The molecule has 5 nitrogen and oxygen atoms in total. The molecule has 164 valence electrons. The lowest BCUT2D eigenvalue weighted by atomic mass is 9.96. The Balaban J connectivity index is 0.00000300. The molecule has 1 N–H and O–H groups in total. The number of likely N-dealkylation sites (tertiary alicyclic amines) is 1. The molecule has 0 saturated carbocycles. The predicted octanol–water partition coefficient (Wildman–Crippen LogP) is 3.98. The minimum Gasteiger partial charge on any atom is -0.381 e. The van der Waals surface area contributed by atoms with Gasteiger partial charge in [0.25, 0.3) is 0 Å². The first-order valence-electron chi connectivity index (χ1n) is 11.0. The molecule has 0 aliphatic carbocycles. The second-order valence-corrected chi connectivity index (χ2v) is 8.30. The number of nitrogens with zero attached hydrogens (tertiary/aromatic N) is 3. The third-order valence-electron chi connectivity index (χ3n) is 6.26. The molecule has 6 heteroatoms. The van der Waals surface area contributed by atoms with Crippen LogP contribution >= 0.6 is 24.0 Å². The molecule has 0 amide bonds. The smallest absolute Gasteiger partial charge is 0.193 e. The fourth-order valence-corrected chi connectivity index (χ4v) is 4.43. The third kappa shape index (κ3) is 8.06. The highest BCUT2D eigenvalue weighted by molar-refractivity contribution is 14.0. The highest BCUT2D eigenvalue weighted by Crippen LogP contribution is 2.20. The number of rotatable bonds is 7. The van der Waals surface area contributed by atoms with Crippen LogP contribution < -0.4 is 5.32 Å². The third-order valence-corrected chi connectivity index (χ3v) is 6.26. The van der Waals surface area contributed by atoms with E-state index in [4.69, 9.17) is 4.74 Å². The average Bonchev–Trinajstić information content (AvgIpc) is 2.75. The Morgan fingerprint density at radius 3 is 2.66 bits per heavy atom. The largest absolute Gasteiger partial charge is 0.381 e. The number of benzene rings is 1. The molecule has 2 saturated heterocycles. The van der Waals surface area contributed by atoms with Gasteiger partial charge in [0.2, 0.25) is 0 Å². The van der Waals surface area contributed by atoms with Gasteiger partial charge in [-0.05, 0) is 50.1 Å². The minimum absolute atomic E-state index is 0. The highest BCUT2D eigenvalue weighted by atomic mass is 127. The van der Waals surface area contributed by atoms with E-state index in [1.807, 2.05) is 7.05 Å². The maximum absolute atomic E-state index is 5.48. The molecule has 2 aliphatic rings. The van der Waals surface area contributed by atoms with E-state index < -0.39 is 0 Å². The summed E-state index contributed by atoms with van der Waals surface area (Å²) in [7, 11) is 4.06. The normalized spacial score (nSPS) is 21.4. The van der Waals surface area contributed by atoms with Gasteiger partial charge in [-0.15, -0.1) is 24.0 Å². The van der Waals surface area contributed by atoms with Gasteiger partial charge in [0.05, 0.1) is 0 Å². The zero-order valence-electron chi connectivity index (χ0n) is 18.2. The van der Waals surface area contributed by atoms with Crippen molar-refractivity contribution >= 4 is 29.9 Å². The van der Waals surface area contributed by atoms with E-state index in [2.05, 4.69) is 57.5 Å². The molecule has 1 aromatic rings. The lowest BCUT2D eigenvalue weighted by Gasteiger charge is -2.36. The molecule has 1 aromatic carbocycles. The Morgan fingerprint density at radius 1 is 1.17 bits per heavy atom. The van der Waals surface area contributed by atoms with Crippen LogP contribution in [0.15, 0.2) is 35.3 Å². The summed E-state index contributed by atoms with van der Waals surface area (Å²) in [5, 5.41) is 3.65. The number of ether oxygens (including phenoxy) is 1. The van der Waals surface area contributed by atoms with Gasteiger partial charge in [-0.1, -0.05) is 36.8 Å². The van der Waals surface area contributed by atoms with Gasteiger partial charge < -0.3 is 15.0 Å². The standard InChI is InChI=1S/C23H38N4O.HI/c1-24-23(26(2)15-11-20-12-16-28-17-13-20)25-18-22-10-6-7-14-27(22)19-21-8-4-3-5-9-21;/h3-5,8-9,20,22H,6-7,10-19H2,1-2H3,(H,24,25);1H. The van der Waals surface area contributed by atoms with E-state index in [0.29, 0.717) is 6.04 Å². The summed E-state index contributed by atoms with van der Waals surface area (Å²) in [5.41, 5.74) is 1.41. The summed E-state index contributed by atoms with van der Waals surface area (Å²) in [6, 6.07) is 11.4. The summed E-state index contributed by atoms with van der Waals surface area (Å²) in [6.45, 7) is 6.13. The summed E-state index contributed by atoms with van der Waals surface area (Å²) < 4.78 is 5.48. The summed E-state index contributed by atoms with van der Waals surface area (Å²) in [6.07, 6.45) is 7.54. The Bertz CT molecular complexity index is 592. The minimum atomic E-state index is 0. The molecule has 29 heavy (non-hydrogen) atoms. The first-order valence-corrected chi connectivity index (χ1v) is 11.0. The second kappa shape index (κ2) is 13.4. The molecule has 1 atom stereocenters. The topological polar surface area (TPSA) is 40.1 Å². The van der Waals surface area contributed by atoms with E-state index in [1.165, 1.54) is 50.6 Å². The van der Waals surface area contributed by atoms with Crippen molar-refractivity contribution in [2.75, 3.05) is 46.9 Å². The van der Waals surface area contributed by atoms with Crippen LogP contribution in [0.25, 0.3) is 0 Å². The van der Waals surface area contributed by atoms with Gasteiger partial charge in [-0.25, -0.2) is 0 Å². The summed E-state index contributed by atoms with van der Waals surface area (Å²) in [4.78, 5) is 9.46. The number of aliphatic imine (C=N–C) groups is 1. The van der Waals surface area contributed by atoms with Crippen molar-refractivity contribution in [3.63, 3.8) is 0 Å².